The van der Waals surface area contributed by atoms with Crippen molar-refractivity contribution in [2.45, 2.75) is 40.2 Å². The molecule has 2 aromatic carbocycles. The topological polar surface area (TPSA) is 28.9 Å². The molecule has 128 valence electrons. The van der Waals surface area contributed by atoms with Gasteiger partial charge in [0.15, 0.2) is 12.4 Å². The molecule has 3 nitrogen and oxygen atoms in total. The zero-order valence-corrected chi connectivity index (χ0v) is 15.8. The molecule has 2 heterocycles. The summed E-state index contributed by atoms with van der Waals surface area (Å²) in [4.78, 5) is 3.62. The average Bonchev–Trinajstić information content (AvgIpc) is 2.90. The predicted octanol–water partition coefficient (Wildman–Crippen LogP) is 5.09. The highest BCUT2D eigenvalue weighted by atomic mass is 16.5. The summed E-state index contributed by atoms with van der Waals surface area (Å²) in [6.45, 7) is 10.7. The molecule has 0 amide bonds. The quantitative estimate of drug-likeness (QED) is 0.483. The van der Waals surface area contributed by atoms with E-state index in [4.69, 9.17) is 4.74 Å². The van der Waals surface area contributed by atoms with Gasteiger partial charge < -0.3 is 9.72 Å². The number of rotatable bonds is 1. The SMILES string of the molecule is Cc1c2cc[n+](C)cc2c(C)c2c1[nH]c1ccc(OC(C)(C)C)cc12. The molecule has 0 saturated heterocycles. The molecule has 0 radical (unpaired) electrons. The average molecular weight is 333 g/mol. The van der Waals surface area contributed by atoms with Gasteiger partial charge in [-0.3, -0.25) is 0 Å². The van der Waals surface area contributed by atoms with E-state index < -0.39 is 0 Å². The fourth-order valence-electron chi connectivity index (χ4n) is 3.75. The van der Waals surface area contributed by atoms with Gasteiger partial charge in [0.25, 0.3) is 0 Å². The molecule has 1 N–H and O–H groups in total. The first kappa shape index (κ1) is 15.9. The van der Waals surface area contributed by atoms with Gasteiger partial charge in [0.2, 0.25) is 0 Å². The zero-order valence-electron chi connectivity index (χ0n) is 15.8. The number of H-pyrrole nitrogens is 1. The third-order valence-corrected chi connectivity index (χ3v) is 4.85. The van der Waals surface area contributed by atoms with Crippen LogP contribution in [0.2, 0.25) is 0 Å². The van der Waals surface area contributed by atoms with Crippen LogP contribution in [0.4, 0.5) is 0 Å². The van der Waals surface area contributed by atoms with Crippen molar-refractivity contribution >= 4 is 32.6 Å². The number of aromatic amines is 1. The van der Waals surface area contributed by atoms with Crippen LogP contribution >= 0.6 is 0 Å². The summed E-state index contributed by atoms with van der Waals surface area (Å²) in [6.07, 6.45) is 4.32. The van der Waals surface area contributed by atoms with Crippen LogP contribution in [0.1, 0.15) is 31.9 Å². The van der Waals surface area contributed by atoms with E-state index in [2.05, 4.69) is 81.8 Å². The van der Waals surface area contributed by atoms with E-state index in [0.29, 0.717) is 0 Å². The Morgan fingerprint density at radius 3 is 2.44 bits per heavy atom. The number of hydrogen-bond donors (Lipinski definition) is 1. The molecule has 0 aliphatic rings. The Balaban J connectivity index is 2.10. The van der Waals surface area contributed by atoms with Gasteiger partial charge in [0, 0.05) is 27.7 Å². The molecule has 3 heteroatoms. The van der Waals surface area contributed by atoms with Crippen molar-refractivity contribution in [1.29, 1.82) is 0 Å². The number of nitrogens with one attached hydrogen (secondary N) is 1. The number of fused-ring (bicyclic) bond motifs is 4. The molecule has 0 fully saturated rings. The Morgan fingerprint density at radius 1 is 0.960 bits per heavy atom. The largest absolute Gasteiger partial charge is 0.488 e. The Bertz CT molecular complexity index is 1130. The van der Waals surface area contributed by atoms with Crippen LogP contribution in [0.25, 0.3) is 32.6 Å². The lowest BCUT2D eigenvalue weighted by Gasteiger charge is -2.21. The molecule has 0 aliphatic carbocycles. The minimum absolute atomic E-state index is 0.203. The smallest absolute Gasteiger partial charge is 0.176 e. The van der Waals surface area contributed by atoms with Crippen LogP contribution in [0.15, 0.2) is 36.7 Å². The first-order valence-corrected chi connectivity index (χ1v) is 8.77. The summed E-state index contributed by atoms with van der Waals surface area (Å²) in [7, 11) is 2.07. The number of aryl methyl sites for hydroxylation is 3. The summed E-state index contributed by atoms with van der Waals surface area (Å²) >= 11 is 0. The Morgan fingerprint density at radius 2 is 1.72 bits per heavy atom. The van der Waals surface area contributed by atoms with Crippen LogP contribution in [0, 0.1) is 13.8 Å². The molecular weight excluding hydrogens is 308 g/mol. The Labute approximate surface area is 148 Å². The summed E-state index contributed by atoms with van der Waals surface area (Å²) in [5.74, 6) is 0.914. The van der Waals surface area contributed by atoms with Crippen molar-refractivity contribution in [2.75, 3.05) is 0 Å². The van der Waals surface area contributed by atoms with Crippen molar-refractivity contribution in [3.63, 3.8) is 0 Å². The minimum atomic E-state index is -0.203. The highest BCUT2D eigenvalue weighted by molar-refractivity contribution is 6.16. The highest BCUT2D eigenvalue weighted by Crippen LogP contribution is 2.37. The molecule has 4 rings (SSSR count). The Hall–Kier alpha value is -2.55. The van der Waals surface area contributed by atoms with Crippen LogP contribution in [0.3, 0.4) is 0 Å². The summed E-state index contributed by atoms with van der Waals surface area (Å²) in [6, 6.07) is 8.55. The number of benzene rings is 2. The maximum Gasteiger partial charge on any atom is 0.176 e. The second kappa shape index (κ2) is 5.22. The third-order valence-electron chi connectivity index (χ3n) is 4.85. The first-order chi connectivity index (χ1) is 11.7. The molecular formula is C22H25N2O+. The van der Waals surface area contributed by atoms with E-state index in [0.717, 1.165) is 11.3 Å². The van der Waals surface area contributed by atoms with Gasteiger partial charge >= 0.3 is 0 Å². The zero-order chi connectivity index (χ0) is 17.9. The molecule has 0 bridgehead atoms. The normalized spacial score (nSPS) is 12.4. The van der Waals surface area contributed by atoms with E-state index in [-0.39, 0.29) is 5.60 Å². The molecule has 0 aliphatic heterocycles. The number of ether oxygens (including phenoxy) is 1. The number of aromatic nitrogens is 2. The molecule has 2 aromatic heterocycles. The standard InChI is InChI=1S/C22H24N2O/c1-13-18-12-24(6)10-9-16(18)14(2)21-20(13)17-11-15(25-22(3,4)5)7-8-19(17)23-21/h7-12H,1-6H3/p+1. The van der Waals surface area contributed by atoms with Crippen LogP contribution in [-0.4, -0.2) is 10.6 Å². The van der Waals surface area contributed by atoms with Gasteiger partial charge in [-0.15, -0.1) is 0 Å². The first-order valence-electron chi connectivity index (χ1n) is 8.77. The molecule has 4 aromatic rings. The predicted molar refractivity (Wildman–Crippen MR) is 104 cm³/mol. The van der Waals surface area contributed by atoms with Gasteiger partial charge in [-0.05, 0) is 69.3 Å². The van der Waals surface area contributed by atoms with Gasteiger partial charge in [-0.25, -0.2) is 4.57 Å². The van der Waals surface area contributed by atoms with Gasteiger partial charge in [-0.2, -0.15) is 0 Å². The number of hydrogen-bond acceptors (Lipinski definition) is 1. The van der Waals surface area contributed by atoms with Gasteiger partial charge in [0.1, 0.15) is 18.4 Å². The fraction of sp³-hybridized carbons (Fsp3) is 0.318. The van der Waals surface area contributed by atoms with E-state index in [1.807, 2.05) is 6.07 Å². The highest BCUT2D eigenvalue weighted by Gasteiger charge is 2.17. The van der Waals surface area contributed by atoms with Crippen LogP contribution in [0.5, 0.6) is 5.75 Å². The van der Waals surface area contributed by atoms with Crippen molar-refractivity contribution in [3.8, 4) is 5.75 Å². The van der Waals surface area contributed by atoms with E-state index >= 15 is 0 Å². The molecule has 0 atom stereocenters. The minimum Gasteiger partial charge on any atom is -0.488 e. The van der Waals surface area contributed by atoms with Crippen molar-refractivity contribution < 1.29 is 9.30 Å². The third kappa shape index (κ3) is 2.55. The van der Waals surface area contributed by atoms with Crippen molar-refractivity contribution in [2.24, 2.45) is 7.05 Å². The summed E-state index contributed by atoms with van der Waals surface area (Å²) in [5, 5.41) is 5.13. The van der Waals surface area contributed by atoms with Crippen molar-refractivity contribution in [3.05, 3.63) is 47.8 Å². The van der Waals surface area contributed by atoms with E-state index in [1.165, 1.54) is 38.2 Å². The lowest BCUT2D eigenvalue weighted by atomic mass is 9.97. The number of nitrogens with zero attached hydrogens (tertiary/aromatic N) is 1. The van der Waals surface area contributed by atoms with Crippen LogP contribution in [-0.2, 0) is 7.05 Å². The second-order valence-corrected chi connectivity index (χ2v) is 7.98. The molecule has 0 unspecified atom stereocenters. The fourth-order valence-corrected chi connectivity index (χ4v) is 3.75. The maximum atomic E-state index is 6.09. The molecule has 25 heavy (non-hydrogen) atoms. The summed E-state index contributed by atoms with van der Waals surface area (Å²) in [5.41, 5.74) is 4.78. The second-order valence-electron chi connectivity index (χ2n) is 7.98. The lowest BCUT2D eigenvalue weighted by molar-refractivity contribution is -0.670. The van der Waals surface area contributed by atoms with Crippen molar-refractivity contribution in [1.82, 2.24) is 4.98 Å². The molecule has 0 saturated carbocycles. The lowest BCUT2D eigenvalue weighted by Crippen LogP contribution is -2.26. The number of pyridine rings is 1. The van der Waals surface area contributed by atoms with Crippen LogP contribution < -0.4 is 9.30 Å². The molecule has 0 spiro atoms. The Kier molecular flexibility index (Phi) is 3.33. The van der Waals surface area contributed by atoms with Gasteiger partial charge in [0.05, 0.1) is 5.52 Å². The monoisotopic (exact) mass is 333 g/mol. The van der Waals surface area contributed by atoms with Gasteiger partial charge in [-0.1, -0.05) is 0 Å². The van der Waals surface area contributed by atoms with E-state index in [9.17, 15) is 0 Å². The summed E-state index contributed by atoms with van der Waals surface area (Å²) < 4.78 is 8.20. The maximum absolute atomic E-state index is 6.09. The van der Waals surface area contributed by atoms with E-state index in [1.54, 1.807) is 0 Å².